The second-order valence-electron chi connectivity index (χ2n) is 7.98. The van der Waals surface area contributed by atoms with Crippen LogP contribution in [-0.2, 0) is 6.54 Å². The number of ether oxygens (including phenoxy) is 2. The zero-order valence-electron chi connectivity index (χ0n) is 19.8. The summed E-state index contributed by atoms with van der Waals surface area (Å²) < 4.78 is 27.4. The van der Waals surface area contributed by atoms with Gasteiger partial charge in [0.1, 0.15) is 5.75 Å². The number of nitrogens with zero attached hydrogens (tertiary/aromatic N) is 3. The largest absolute Gasteiger partial charge is 0.492 e. The van der Waals surface area contributed by atoms with Crippen molar-refractivity contribution >= 4 is 33.9 Å². The number of hydrogen-bond acceptors (Lipinski definition) is 7. The van der Waals surface area contributed by atoms with E-state index in [9.17, 15) is 14.3 Å². The summed E-state index contributed by atoms with van der Waals surface area (Å²) >= 11 is 1.14. The number of hydrogen-bond donors (Lipinski definition) is 2. The Morgan fingerprint density at radius 1 is 1.29 bits per heavy atom. The van der Waals surface area contributed by atoms with Crippen molar-refractivity contribution in [3.63, 3.8) is 0 Å². The average Bonchev–Trinajstić information content (AvgIpc) is 3.42. The lowest BCUT2D eigenvalue weighted by molar-refractivity contribution is 0.0698. The predicted octanol–water partition coefficient (Wildman–Crippen LogP) is 5.61. The molecule has 4 aromatic rings. The molecule has 0 aliphatic rings. The number of carbonyl (C=O) groups is 1. The summed E-state index contributed by atoms with van der Waals surface area (Å²) in [4.78, 5) is 21.0. The Morgan fingerprint density at radius 3 is 2.86 bits per heavy atom. The Kier molecular flexibility index (Phi) is 7.50. The quantitative estimate of drug-likeness (QED) is 0.260. The summed E-state index contributed by atoms with van der Waals surface area (Å²) in [6, 6.07) is 7.30. The lowest BCUT2D eigenvalue weighted by Crippen LogP contribution is -2.12. The van der Waals surface area contributed by atoms with E-state index in [0.29, 0.717) is 52.8 Å². The Morgan fingerprint density at radius 2 is 2.11 bits per heavy atom. The van der Waals surface area contributed by atoms with E-state index in [1.807, 2.05) is 36.6 Å². The number of carboxylic acid groups (broad SMARTS) is 1. The summed E-state index contributed by atoms with van der Waals surface area (Å²) in [7, 11) is 1.52. The fourth-order valence-electron chi connectivity index (χ4n) is 3.86. The number of rotatable bonds is 11. The maximum absolute atomic E-state index is 14.5. The Labute approximate surface area is 206 Å². The van der Waals surface area contributed by atoms with E-state index in [1.165, 1.54) is 13.3 Å². The number of fused-ring (bicyclic) bond motifs is 1. The van der Waals surface area contributed by atoms with E-state index < -0.39 is 11.8 Å². The van der Waals surface area contributed by atoms with Crippen molar-refractivity contribution in [3.8, 4) is 22.2 Å². The maximum atomic E-state index is 14.5. The van der Waals surface area contributed by atoms with Gasteiger partial charge >= 0.3 is 5.97 Å². The second kappa shape index (κ2) is 10.7. The number of aryl methyl sites for hydroxylation is 1. The molecule has 2 N–H and O–H groups in total. The smallest absolute Gasteiger partial charge is 0.349 e. The van der Waals surface area contributed by atoms with Crippen LogP contribution in [0.25, 0.3) is 21.5 Å². The highest BCUT2D eigenvalue weighted by molar-refractivity contribution is 7.17. The van der Waals surface area contributed by atoms with E-state index in [1.54, 1.807) is 12.3 Å². The second-order valence-corrected chi connectivity index (χ2v) is 9.03. The van der Waals surface area contributed by atoms with Crippen LogP contribution in [0.4, 0.5) is 10.1 Å². The first-order chi connectivity index (χ1) is 16.9. The SMILES string of the molecule is CCCCOc1cc(-c2cc(NCCn3c(C)cc4c(OC)ncc(F)c43)ccn2)sc1C(=O)O. The van der Waals surface area contributed by atoms with Crippen LogP contribution in [0.2, 0.25) is 0 Å². The Balaban J connectivity index is 1.50. The minimum atomic E-state index is -1.02. The molecule has 35 heavy (non-hydrogen) atoms. The van der Waals surface area contributed by atoms with Gasteiger partial charge in [0, 0.05) is 36.7 Å². The lowest BCUT2D eigenvalue weighted by atomic mass is 10.2. The van der Waals surface area contributed by atoms with Crippen LogP contribution in [0.5, 0.6) is 11.6 Å². The van der Waals surface area contributed by atoms with Gasteiger partial charge in [-0.1, -0.05) is 13.3 Å². The van der Waals surface area contributed by atoms with E-state index in [4.69, 9.17) is 9.47 Å². The number of aromatic nitrogens is 3. The number of pyridine rings is 2. The van der Waals surface area contributed by atoms with Gasteiger partial charge in [0.05, 0.1) is 41.4 Å². The first-order valence-corrected chi connectivity index (χ1v) is 12.1. The fraction of sp³-hybridized carbons (Fsp3) is 0.320. The highest BCUT2D eigenvalue weighted by Gasteiger charge is 2.19. The summed E-state index contributed by atoms with van der Waals surface area (Å²) in [6.45, 7) is 5.50. The minimum absolute atomic E-state index is 0.165. The molecule has 0 saturated carbocycles. The monoisotopic (exact) mass is 498 g/mol. The van der Waals surface area contributed by atoms with E-state index in [0.717, 1.165) is 35.6 Å². The van der Waals surface area contributed by atoms with Gasteiger partial charge in [-0.05, 0) is 31.5 Å². The summed E-state index contributed by atoms with van der Waals surface area (Å²) in [5, 5.41) is 13.5. The third-order valence-corrected chi connectivity index (χ3v) is 6.70. The van der Waals surface area contributed by atoms with Crippen molar-refractivity contribution in [2.45, 2.75) is 33.2 Å². The first kappa shape index (κ1) is 24.5. The summed E-state index contributed by atoms with van der Waals surface area (Å²) in [5.41, 5.74) is 2.83. The molecule has 8 nitrogen and oxygen atoms in total. The minimum Gasteiger partial charge on any atom is -0.492 e. The molecule has 0 saturated heterocycles. The molecule has 0 aliphatic heterocycles. The van der Waals surface area contributed by atoms with Crippen molar-refractivity contribution in [2.75, 3.05) is 25.6 Å². The number of unbranched alkanes of at least 4 members (excludes halogenated alkanes) is 1. The summed E-state index contributed by atoms with van der Waals surface area (Å²) in [5.74, 6) is -0.655. The number of thiophene rings is 1. The molecular weight excluding hydrogens is 471 g/mol. The van der Waals surface area contributed by atoms with E-state index in [2.05, 4.69) is 15.3 Å². The molecule has 10 heteroatoms. The van der Waals surface area contributed by atoms with E-state index >= 15 is 0 Å². The molecule has 0 fully saturated rings. The summed E-state index contributed by atoms with van der Waals surface area (Å²) in [6.07, 6.45) is 4.66. The van der Waals surface area contributed by atoms with Crippen molar-refractivity contribution < 1.29 is 23.8 Å². The van der Waals surface area contributed by atoms with Crippen LogP contribution >= 0.6 is 11.3 Å². The predicted molar refractivity (Wildman–Crippen MR) is 134 cm³/mol. The highest BCUT2D eigenvalue weighted by atomic mass is 32.1. The normalized spacial score (nSPS) is 11.1. The van der Waals surface area contributed by atoms with Gasteiger partial charge in [0.15, 0.2) is 10.7 Å². The molecule has 0 radical (unpaired) electrons. The lowest BCUT2D eigenvalue weighted by Gasteiger charge is -2.12. The standard InChI is InChI=1S/C25H27FN4O4S/c1-4-5-10-34-20-13-21(35-23(20)25(31)32)19-12-16(6-7-28-19)27-8-9-30-15(2)11-17-22(30)18(26)14-29-24(17)33-3/h6-7,11-14H,4-5,8-10H2,1-3H3,(H,27,28)(H,31,32). The number of nitrogens with one attached hydrogen (secondary N) is 1. The molecule has 0 spiro atoms. The van der Waals surface area contributed by atoms with Crippen molar-refractivity contribution in [2.24, 2.45) is 0 Å². The topological polar surface area (TPSA) is 98.5 Å². The third-order valence-electron chi connectivity index (χ3n) is 5.57. The Bertz CT molecular complexity index is 1350. The van der Waals surface area contributed by atoms with Crippen molar-refractivity contribution in [1.29, 1.82) is 0 Å². The maximum Gasteiger partial charge on any atom is 0.349 e. The number of aromatic carboxylic acids is 1. The van der Waals surface area contributed by atoms with E-state index in [-0.39, 0.29) is 4.88 Å². The number of anilines is 1. The number of methoxy groups -OCH3 is 1. The molecule has 0 unspecified atom stereocenters. The van der Waals surface area contributed by atoms with Gasteiger partial charge in [-0.15, -0.1) is 11.3 Å². The molecule has 4 rings (SSSR count). The van der Waals surface area contributed by atoms with Crippen LogP contribution in [0.1, 0.15) is 35.1 Å². The number of carboxylic acids is 1. The molecular formula is C25H27FN4O4S. The van der Waals surface area contributed by atoms with Gasteiger partial charge in [-0.2, -0.15) is 0 Å². The van der Waals surface area contributed by atoms with Crippen molar-refractivity contribution in [3.05, 3.63) is 53.0 Å². The van der Waals surface area contributed by atoms with Crippen LogP contribution in [0, 0.1) is 12.7 Å². The Hall–Kier alpha value is -3.66. The van der Waals surface area contributed by atoms with Gasteiger partial charge in [-0.3, -0.25) is 4.98 Å². The van der Waals surface area contributed by atoms with Crippen LogP contribution in [-0.4, -0.2) is 45.9 Å². The van der Waals surface area contributed by atoms with Gasteiger partial charge in [-0.25, -0.2) is 14.2 Å². The molecule has 0 aromatic carbocycles. The van der Waals surface area contributed by atoms with Gasteiger partial charge in [0.2, 0.25) is 5.88 Å². The third kappa shape index (κ3) is 5.22. The average molecular weight is 499 g/mol. The van der Waals surface area contributed by atoms with Gasteiger partial charge < -0.3 is 24.5 Å². The number of halogens is 1. The molecule has 4 aromatic heterocycles. The first-order valence-electron chi connectivity index (χ1n) is 11.3. The van der Waals surface area contributed by atoms with Crippen molar-refractivity contribution in [1.82, 2.24) is 14.5 Å². The molecule has 0 amide bonds. The highest BCUT2D eigenvalue weighted by Crippen LogP contribution is 2.36. The molecule has 184 valence electrons. The van der Waals surface area contributed by atoms with Gasteiger partial charge in [0.25, 0.3) is 0 Å². The molecule has 4 heterocycles. The van der Waals surface area contributed by atoms with Crippen LogP contribution < -0.4 is 14.8 Å². The molecule has 0 atom stereocenters. The molecule has 0 aliphatic carbocycles. The van der Waals surface area contributed by atoms with Crippen LogP contribution in [0.3, 0.4) is 0 Å². The fourth-order valence-corrected chi connectivity index (χ4v) is 4.77. The molecule has 0 bridgehead atoms. The zero-order valence-corrected chi connectivity index (χ0v) is 20.6. The van der Waals surface area contributed by atoms with Crippen LogP contribution in [0.15, 0.2) is 36.7 Å². The zero-order chi connectivity index (χ0) is 24.9.